The monoisotopic (exact) mass is 387 g/mol. The van der Waals surface area contributed by atoms with Gasteiger partial charge in [-0.3, -0.25) is 4.79 Å². The zero-order valence-electron chi connectivity index (χ0n) is 16.1. The van der Waals surface area contributed by atoms with E-state index in [1.165, 1.54) is 0 Å². The average Bonchev–Trinajstić information content (AvgIpc) is 2.67. The summed E-state index contributed by atoms with van der Waals surface area (Å²) in [6, 6.07) is 13.4. The van der Waals surface area contributed by atoms with Gasteiger partial charge in [0.2, 0.25) is 0 Å². The van der Waals surface area contributed by atoms with E-state index in [-0.39, 0.29) is 11.5 Å². The summed E-state index contributed by atoms with van der Waals surface area (Å²) in [5, 5.41) is 0.628. The minimum atomic E-state index is -0.254. The lowest BCUT2D eigenvalue weighted by Crippen LogP contribution is -2.40. The number of carbonyl (C=O) groups is 1. The standard InChI is InChI=1S/C22H26ClNO3/c1-4-22(2,3)27-20-14-18(13-19(23)15-20)16-5-7-17(8-6-16)21(25)24-9-11-26-12-10-24/h5-8,13-15H,4,9-12H2,1-3H3. The van der Waals surface area contributed by atoms with Gasteiger partial charge in [0.05, 0.1) is 13.2 Å². The van der Waals surface area contributed by atoms with E-state index in [1.807, 2.05) is 47.4 Å². The normalized spacial score (nSPS) is 14.9. The lowest BCUT2D eigenvalue weighted by molar-refractivity contribution is 0.0303. The molecule has 27 heavy (non-hydrogen) atoms. The van der Waals surface area contributed by atoms with Crippen LogP contribution in [0.25, 0.3) is 11.1 Å². The molecule has 5 heteroatoms. The number of nitrogens with zero attached hydrogens (tertiary/aromatic N) is 1. The first-order valence-corrected chi connectivity index (χ1v) is 9.73. The molecule has 0 spiro atoms. The van der Waals surface area contributed by atoms with Gasteiger partial charge in [-0.1, -0.05) is 30.7 Å². The Morgan fingerprint density at radius 2 is 1.78 bits per heavy atom. The minimum absolute atomic E-state index is 0.0460. The Balaban J connectivity index is 1.80. The highest BCUT2D eigenvalue weighted by molar-refractivity contribution is 6.31. The molecule has 0 radical (unpaired) electrons. The number of morpholine rings is 1. The van der Waals surface area contributed by atoms with Crippen molar-refractivity contribution in [2.75, 3.05) is 26.3 Å². The van der Waals surface area contributed by atoms with Gasteiger partial charge in [-0.25, -0.2) is 0 Å². The van der Waals surface area contributed by atoms with Gasteiger partial charge < -0.3 is 14.4 Å². The molecule has 0 atom stereocenters. The van der Waals surface area contributed by atoms with Gasteiger partial charge in [-0.15, -0.1) is 0 Å². The van der Waals surface area contributed by atoms with E-state index in [4.69, 9.17) is 21.1 Å². The number of halogens is 1. The lowest BCUT2D eigenvalue weighted by Gasteiger charge is -2.27. The van der Waals surface area contributed by atoms with E-state index in [0.29, 0.717) is 36.9 Å². The largest absolute Gasteiger partial charge is 0.488 e. The number of hydrogen-bond donors (Lipinski definition) is 0. The molecule has 4 nitrogen and oxygen atoms in total. The summed E-state index contributed by atoms with van der Waals surface area (Å²) in [5.74, 6) is 0.794. The highest BCUT2D eigenvalue weighted by Crippen LogP contribution is 2.31. The first kappa shape index (κ1) is 19.7. The second kappa shape index (κ2) is 8.32. The van der Waals surface area contributed by atoms with Gasteiger partial charge in [-0.2, -0.15) is 0 Å². The maximum Gasteiger partial charge on any atom is 0.254 e. The molecule has 0 aromatic heterocycles. The fourth-order valence-electron chi connectivity index (χ4n) is 2.93. The molecule has 0 saturated carbocycles. The maximum atomic E-state index is 12.6. The molecule has 0 aliphatic carbocycles. The Labute approximate surface area is 166 Å². The maximum absolute atomic E-state index is 12.6. The van der Waals surface area contributed by atoms with Gasteiger partial charge in [0, 0.05) is 23.7 Å². The minimum Gasteiger partial charge on any atom is -0.488 e. The SMILES string of the molecule is CCC(C)(C)Oc1cc(Cl)cc(-c2ccc(C(=O)N3CCOCC3)cc2)c1. The van der Waals surface area contributed by atoms with E-state index in [9.17, 15) is 4.79 Å². The van der Waals surface area contributed by atoms with Crippen molar-refractivity contribution < 1.29 is 14.3 Å². The predicted molar refractivity (Wildman–Crippen MR) is 109 cm³/mol. The van der Waals surface area contributed by atoms with Crippen LogP contribution in [0, 0.1) is 0 Å². The van der Waals surface area contributed by atoms with Crippen molar-refractivity contribution in [3.8, 4) is 16.9 Å². The molecule has 1 aliphatic rings. The van der Waals surface area contributed by atoms with Crippen LogP contribution >= 0.6 is 11.6 Å². The van der Waals surface area contributed by atoms with Gasteiger partial charge in [0.25, 0.3) is 5.91 Å². The van der Waals surface area contributed by atoms with Gasteiger partial charge in [-0.05, 0) is 61.7 Å². The molecule has 144 valence electrons. The van der Waals surface area contributed by atoms with Gasteiger partial charge in [0.1, 0.15) is 11.4 Å². The van der Waals surface area contributed by atoms with Gasteiger partial charge in [0.15, 0.2) is 0 Å². The number of carbonyl (C=O) groups excluding carboxylic acids is 1. The third-order valence-corrected chi connectivity index (χ3v) is 5.10. The Morgan fingerprint density at radius 1 is 1.11 bits per heavy atom. The highest BCUT2D eigenvalue weighted by atomic mass is 35.5. The summed E-state index contributed by atoms with van der Waals surface area (Å²) in [5.41, 5.74) is 2.40. The van der Waals surface area contributed by atoms with Crippen LogP contribution in [-0.4, -0.2) is 42.7 Å². The van der Waals surface area contributed by atoms with Crippen molar-refractivity contribution >= 4 is 17.5 Å². The smallest absolute Gasteiger partial charge is 0.254 e. The van der Waals surface area contributed by atoms with Crippen LogP contribution in [-0.2, 0) is 4.74 Å². The number of rotatable bonds is 5. The zero-order valence-corrected chi connectivity index (χ0v) is 16.9. The molecule has 2 aromatic rings. The fraction of sp³-hybridized carbons (Fsp3) is 0.409. The lowest BCUT2D eigenvalue weighted by atomic mass is 10.0. The van der Waals surface area contributed by atoms with E-state index < -0.39 is 0 Å². The first-order valence-electron chi connectivity index (χ1n) is 9.35. The summed E-state index contributed by atoms with van der Waals surface area (Å²) in [6.45, 7) is 8.69. The van der Waals surface area contributed by atoms with Crippen LogP contribution in [0.4, 0.5) is 0 Å². The third-order valence-electron chi connectivity index (χ3n) is 4.88. The van der Waals surface area contributed by atoms with Crippen molar-refractivity contribution in [2.45, 2.75) is 32.8 Å². The molecule has 0 N–H and O–H groups in total. The summed E-state index contributed by atoms with van der Waals surface area (Å²) >= 11 is 6.30. The van der Waals surface area contributed by atoms with E-state index in [1.54, 1.807) is 0 Å². The quantitative estimate of drug-likeness (QED) is 0.720. The van der Waals surface area contributed by atoms with Crippen LogP contribution in [0.2, 0.25) is 5.02 Å². The zero-order chi connectivity index (χ0) is 19.4. The van der Waals surface area contributed by atoms with E-state index in [0.717, 1.165) is 23.3 Å². The van der Waals surface area contributed by atoms with E-state index in [2.05, 4.69) is 20.8 Å². The predicted octanol–water partition coefficient (Wildman–Crippen LogP) is 5.05. The molecular formula is C22H26ClNO3. The molecule has 1 amide bonds. The van der Waals surface area contributed by atoms with Crippen LogP contribution in [0.1, 0.15) is 37.6 Å². The van der Waals surface area contributed by atoms with Crippen LogP contribution in [0.15, 0.2) is 42.5 Å². The van der Waals surface area contributed by atoms with Crippen molar-refractivity contribution in [2.24, 2.45) is 0 Å². The van der Waals surface area contributed by atoms with Crippen LogP contribution in [0.5, 0.6) is 5.75 Å². The second-order valence-electron chi connectivity index (χ2n) is 7.37. The summed E-state index contributed by atoms with van der Waals surface area (Å²) < 4.78 is 11.4. The summed E-state index contributed by atoms with van der Waals surface area (Å²) in [4.78, 5) is 14.4. The van der Waals surface area contributed by atoms with Crippen molar-refractivity contribution in [3.05, 3.63) is 53.1 Å². The molecule has 1 saturated heterocycles. The Bertz CT molecular complexity index is 796. The Morgan fingerprint density at radius 3 is 2.41 bits per heavy atom. The highest BCUT2D eigenvalue weighted by Gasteiger charge is 2.19. The summed E-state index contributed by atoms with van der Waals surface area (Å²) in [6.07, 6.45) is 0.896. The number of ether oxygens (including phenoxy) is 2. The van der Waals surface area contributed by atoms with Crippen LogP contribution < -0.4 is 4.74 Å². The molecule has 0 bridgehead atoms. The third kappa shape index (κ3) is 5.02. The van der Waals surface area contributed by atoms with Crippen LogP contribution in [0.3, 0.4) is 0 Å². The molecule has 1 heterocycles. The number of amides is 1. The van der Waals surface area contributed by atoms with Crippen molar-refractivity contribution in [1.82, 2.24) is 4.90 Å². The molecule has 1 aliphatic heterocycles. The summed E-state index contributed by atoms with van der Waals surface area (Å²) in [7, 11) is 0. The van der Waals surface area contributed by atoms with Crippen molar-refractivity contribution in [3.63, 3.8) is 0 Å². The molecule has 1 fully saturated rings. The molecule has 3 rings (SSSR count). The second-order valence-corrected chi connectivity index (χ2v) is 7.81. The Kier molecular flexibility index (Phi) is 6.08. The number of benzene rings is 2. The average molecular weight is 388 g/mol. The Hall–Kier alpha value is -2.04. The molecule has 0 unspecified atom stereocenters. The number of hydrogen-bond acceptors (Lipinski definition) is 3. The topological polar surface area (TPSA) is 38.8 Å². The molecule has 2 aromatic carbocycles. The van der Waals surface area contributed by atoms with Gasteiger partial charge >= 0.3 is 0 Å². The molecular weight excluding hydrogens is 362 g/mol. The van der Waals surface area contributed by atoms with Crippen molar-refractivity contribution in [1.29, 1.82) is 0 Å². The fourth-order valence-corrected chi connectivity index (χ4v) is 3.16. The first-order chi connectivity index (χ1) is 12.9. The van der Waals surface area contributed by atoms with E-state index >= 15 is 0 Å².